The van der Waals surface area contributed by atoms with Gasteiger partial charge in [0.1, 0.15) is 0 Å². The first-order valence-corrected chi connectivity index (χ1v) is 10.0. The molecule has 0 aromatic carbocycles. The average Bonchev–Trinajstić information content (AvgIpc) is 2.08. The molecule has 0 aliphatic heterocycles. The van der Waals surface area contributed by atoms with E-state index < -0.39 is 8.32 Å². The van der Waals surface area contributed by atoms with Crippen LogP contribution in [0.15, 0.2) is 0 Å². The minimum atomic E-state index is -1.35. The molecule has 0 aromatic rings. The zero-order valence-electron chi connectivity index (χ0n) is 10.9. The van der Waals surface area contributed by atoms with E-state index in [-0.39, 0.29) is 0 Å². The number of thiol groups is 1. The third-order valence-corrected chi connectivity index (χ3v) is 5.48. The van der Waals surface area contributed by atoms with Gasteiger partial charge in [-0.15, -0.1) is 0 Å². The monoisotopic (exact) mass is 248 g/mol. The molecule has 0 unspecified atom stereocenters. The van der Waals surface area contributed by atoms with Crippen molar-refractivity contribution >= 4 is 20.9 Å². The highest BCUT2D eigenvalue weighted by molar-refractivity contribution is 7.80. The molecule has 0 heterocycles. The van der Waals surface area contributed by atoms with Gasteiger partial charge in [0.15, 0.2) is 8.32 Å². The second kappa shape index (κ2) is 8.65. The first-order chi connectivity index (χ1) is 6.98. The minimum absolute atomic E-state index is 0.399. The lowest BCUT2D eigenvalue weighted by molar-refractivity contribution is 0.230. The molecular formula is C12H28OSSi. The van der Waals surface area contributed by atoms with E-state index in [9.17, 15) is 0 Å². The molecule has 1 nitrogen and oxygen atoms in total. The van der Waals surface area contributed by atoms with Crippen LogP contribution in [0.4, 0.5) is 0 Å². The highest BCUT2D eigenvalue weighted by atomic mass is 32.1. The number of hydrogen-bond donors (Lipinski definition) is 1. The van der Waals surface area contributed by atoms with Gasteiger partial charge >= 0.3 is 0 Å². The van der Waals surface area contributed by atoms with Crippen molar-refractivity contribution in [3.8, 4) is 0 Å². The molecule has 0 atom stereocenters. The topological polar surface area (TPSA) is 9.23 Å². The zero-order valence-corrected chi connectivity index (χ0v) is 12.8. The largest absolute Gasteiger partial charge is 0.415 e. The molecule has 0 bridgehead atoms. The Morgan fingerprint density at radius 1 is 1.00 bits per heavy atom. The van der Waals surface area contributed by atoms with Crippen LogP contribution >= 0.6 is 12.6 Å². The average molecular weight is 249 g/mol. The van der Waals surface area contributed by atoms with Gasteiger partial charge in [0.05, 0.1) is 0 Å². The summed E-state index contributed by atoms with van der Waals surface area (Å²) in [5.74, 6) is 1.04. The van der Waals surface area contributed by atoms with Crippen LogP contribution in [-0.4, -0.2) is 20.2 Å². The van der Waals surface area contributed by atoms with Gasteiger partial charge in [0, 0.05) is 6.10 Å². The second-order valence-corrected chi connectivity index (χ2v) is 9.87. The van der Waals surface area contributed by atoms with Crippen molar-refractivity contribution < 1.29 is 4.43 Å². The molecule has 0 aliphatic rings. The molecular weight excluding hydrogens is 220 g/mol. The molecule has 0 aliphatic carbocycles. The Morgan fingerprint density at radius 2 is 1.53 bits per heavy atom. The minimum Gasteiger partial charge on any atom is -0.415 e. The van der Waals surface area contributed by atoms with Gasteiger partial charge < -0.3 is 4.43 Å². The lowest BCUT2D eigenvalue weighted by atomic mass is 10.2. The fraction of sp³-hybridized carbons (Fsp3) is 1.00. The lowest BCUT2D eigenvalue weighted by Gasteiger charge is -2.25. The molecule has 0 rings (SSSR count). The van der Waals surface area contributed by atoms with Crippen LogP contribution in [0.1, 0.15) is 46.0 Å². The fourth-order valence-electron chi connectivity index (χ4n) is 1.89. The van der Waals surface area contributed by atoms with E-state index in [2.05, 4.69) is 39.6 Å². The maximum Gasteiger partial charge on any atom is 0.187 e. The van der Waals surface area contributed by atoms with Crippen molar-refractivity contribution in [2.75, 3.05) is 5.75 Å². The molecule has 0 N–H and O–H groups in total. The van der Waals surface area contributed by atoms with Crippen LogP contribution < -0.4 is 0 Å². The molecule has 0 amide bonds. The van der Waals surface area contributed by atoms with Crippen LogP contribution in [0.3, 0.4) is 0 Å². The van der Waals surface area contributed by atoms with Crippen molar-refractivity contribution in [2.45, 2.75) is 71.2 Å². The van der Waals surface area contributed by atoms with Crippen molar-refractivity contribution in [3.05, 3.63) is 0 Å². The van der Waals surface area contributed by atoms with Crippen molar-refractivity contribution in [2.24, 2.45) is 0 Å². The van der Waals surface area contributed by atoms with Crippen molar-refractivity contribution in [1.82, 2.24) is 0 Å². The smallest absolute Gasteiger partial charge is 0.187 e. The van der Waals surface area contributed by atoms with E-state index in [1.165, 1.54) is 38.1 Å². The normalized spacial score (nSPS) is 12.4. The molecule has 15 heavy (non-hydrogen) atoms. The second-order valence-electron chi connectivity index (χ2n) is 5.17. The summed E-state index contributed by atoms with van der Waals surface area (Å²) in [6, 6.07) is 1.31. The summed E-state index contributed by atoms with van der Waals surface area (Å²) in [7, 11) is -1.35. The highest BCUT2D eigenvalue weighted by Gasteiger charge is 2.22. The predicted octanol–water partition coefficient (Wildman–Crippen LogP) is 4.50. The molecule has 0 radical (unpaired) electrons. The Hall–Kier alpha value is 0.527. The molecule has 0 spiro atoms. The fourth-order valence-corrected chi connectivity index (χ4v) is 4.61. The number of unbranched alkanes of at least 4 members (excludes halogenated alkanes) is 4. The highest BCUT2D eigenvalue weighted by Crippen LogP contribution is 2.18. The van der Waals surface area contributed by atoms with Gasteiger partial charge in [-0.1, -0.05) is 25.7 Å². The molecule has 3 heteroatoms. The lowest BCUT2D eigenvalue weighted by Crippen LogP contribution is -2.33. The third-order valence-electron chi connectivity index (χ3n) is 2.49. The van der Waals surface area contributed by atoms with Crippen molar-refractivity contribution in [1.29, 1.82) is 0 Å². The number of rotatable bonds is 9. The summed E-state index contributed by atoms with van der Waals surface area (Å²) in [4.78, 5) is 0. The Bertz CT molecular complexity index is 149. The summed E-state index contributed by atoms with van der Waals surface area (Å²) in [5.41, 5.74) is 0. The summed E-state index contributed by atoms with van der Waals surface area (Å²) in [6.45, 7) is 8.95. The summed E-state index contributed by atoms with van der Waals surface area (Å²) in [5, 5.41) is 0. The standard InChI is InChI=1S/C12H28OSSi/c1-12(2)13-15(3,4)11-9-7-5-6-8-10-14/h12,14H,5-11H2,1-4H3. The first kappa shape index (κ1) is 15.5. The van der Waals surface area contributed by atoms with Gasteiger partial charge in [-0.25, -0.2) is 0 Å². The van der Waals surface area contributed by atoms with Gasteiger partial charge in [-0.2, -0.15) is 12.6 Å². The Kier molecular flexibility index (Phi) is 8.96. The first-order valence-electron chi connectivity index (χ1n) is 6.26. The van der Waals surface area contributed by atoms with Crippen molar-refractivity contribution in [3.63, 3.8) is 0 Å². The van der Waals surface area contributed by atoms with Crippen LogP contribution in [-0.2, 0) is 4.43 Å². The van der Waals surface area contributed by atoms with E-state index in [1.807, 2.05) is 0 Å². The van der Waals surface area contributed by atoms with Crippen LogP contribution in [0.5, 0.6) is 0 Å². The van der Waals surface area contributed by atoms with E-state index in [0.717, 1.165) is 5.75 Å². The van der Waals surface area contributed by atoms with Gasteiger partial charge in [0.2, 0.25) is 0 Å². The molecule has 0 fully saturated rings. The Labute approximate surface area is 103 Å². The van der Waals surface area contributed by atoms with Gasteiger partial charge in [-0.3, -0.25) is 0 Å². The maximum absolute atomic E-state index is 5.99. The van der Waals surface area contributed by atoms with Gasteiger partial charge in [-0.05, 0) is 45.2 Å². The van der Waals surface area contributed by atoms with Gasteiger partial charge in [0.25, 0.3) is 0 Å². The Morgan fingerprint density at radius 3 is 2.07 bits per heavy atom. The van der Waals surface area contributed by atoms with Crippen LogP contribution in [0.25, 0.3) is 0 Å². The zero-order chi connectivity index (χ0) is 11.7. The third kappa shape index (κ3) is 10.8. The summed E-state index contributed by atoms with van der Waals surface area (Å²) in [6.07, 6.45) is 7.09. The Balaban J connectivity index is 3.40. The molecule has 92 valence electrons. The van der Waals surface area contributed by atoms with E-state index in [0.29, 0.717) is 6.10 Å². The molecule has 0 saturated carbocycles. The quantitative estimate of drug-likeness (QED) is 0.359. The van der Waals surface area contributed by atoms with E-state index in [4.69, 9.17) is 4.43 Å². The van der Waals surface area contributed by atoms with E-state index >= 15 is 0 Å². The van der Waals surface area contributed by atoms with E-state index in [1.54, 1.807) is 0 Å². The number of hydrogen-bond acceptors (Lipinski definition) is 2. The SMILES string of the molecule is CC(C)O[Si](C)(C)CCCCCCCS. The van der Waals surface area contributed by atoms with Crippen LogP contribution in [0, 0.1) is 0 Å². The molecule has 0 aromatic heterocycles. The van der Waals surface area contributed by atoms with Crippen LogP contribution in [0.2, 0.25) is 19.1 Å². The summed E-state index contributed by atoms with van der Waals surface area (Å²) >= 11 is 4.22. The maximum atomic E-state index is 5.99. The molecule has 0 saturated heterocycles. The summed E-state index contributed by atoms with van der Waals surface area (Å²) < 4.78 is 5.99. The predicted molar refractivity (Wildman–Crippen MR) is 75.4 cm³/mol.